The summed E-state index contributed by atoms with van der Waals surface area (Å²) in [6.45, 7) is 0. The van der Waals surface area contributed by atoms with Gasteiger partial charge >= 0.3 is 5.69 Å². The third kappa shape index (κ3) is 1.67. The van der Waals surface area contributed by atoms with Crippen molar-refractivity contribution in [3.05, 3.63) is 44.3 Å². The van der Waals surface area contributed by atoms with Gasteiger partial charge in [0, 0.05) is 32.1 Å². The van der Waals surface area contributed by atoms with Crippen molar-refractivity contribution in [1.29, 1.82) is 0 Å². The molecule has 0 amide bonds. The molecule has 3 rings (SSSR count). The summed E-state index contributed by atoms with van der Waals surface area (Å²) in [4.78, 5) is 35.0. The Balaban J connectivity index is 2.41. The van der Waals surface area contributed by atoms with Gasteiger partial charge in [0.2, 0.25) is 0 Å². The third-order valence-electron chi connectivity index (χ3n) is 3.12. The Labute approximate surface area is 117 Å². The summed E-state index contributed by atoms with van der Waals surface area (Å²) in [5, 5.41) is 0.411. The van der Waals surface area contributed by atoms with Crippen LogP contribution in [-0.4, -0.2) is 24.1 Å². The van der Waals surface area contributed by atoms with Crippen molar-refractivity contribution < 1.29 is 0 Å². The molecule has 0 saturated heterocycles. The summed E-state index contributed by atoms with van der Waals surface area (Å²) in [6, 6.07) is 1.68. The topological polar surface area (TPSA) is 85.6 Å². The molecule has 0 fully saturated rings. The Hall–Kier alpha value is -2.41. The van der Waals surface area contributed by atoms with Crippen LogP contribution in [0, 0.1) is 0 Å². The highest BCUT2D eigenvalue weighted by Gasteiger charge is 2.15. The fourth-order valence-electron chi connectivity index (χ4n) is 2.02. The number of aryl methyl sites for hydroxylation is 1. The predicted molar refractivity (Wildman–Crippen MR) is 74.8 cm³/mol. The fourth-order valence-corrected chi connectivity index (χ4v) is 2.23. The van der Waals surface area contributed by atoms with Crippen molar-refractivity contribution in [3.8, 4) is 11.4 Å². The van der Waals surface area contributed by atoms with Gasteiger partial charge in [-0.3, -0.25) is 18.9 Å². The second-order valence-electron chi connectivity index (χ2n) is 4.35. The number of rotatable bonds is 1. The molecule has 0 saturated carbocycles. The maximum absolute atomic E-state index is 12.1. The third-order valence-corrected chi connectivity index (χ3v) is 3.42. The van der Waals surface area contributed by atoms with E-state index in [0.717, 1.165) is 4.57 Å². The highest BCUT2D eigenvalue weighted by atomic mass is 35.5. The molecule has 0 atom stereocenters. The molecule has 7 nitrogen and oxygen atoms in total. The number of imidazole rings is 1. The maximum atomic E-state index is 12.1. The van der Waals surface area contributed by atoms with Crippen molar-refractivity contribution in [3.63, 3.8) is 0 Å². The molecule has 0 aliphatic carbocycles. The SMILES string of the molecule is Cn1c(=O)c2[nH]c(-c3ccncc3Cl)nc2n(C)c1=O. The van der Waals surface area contributed by atoms with Gasteiger partial charge in [0.1, 0.15) is 11.3 Å². The van der Waals surface area contributed by atoms with Gasteiger partial charge in [-0.15, -0.1) is 0 Å². The Morgan fingerprint density at radius 1 is 1.25 bits per heavy atom. The Morgan fingerprint density at radius 2 is 2.00 bits per heavy atom. The van der Waals surface area contributed by atoms with E-state index in [2.05, 4.69) is 15.0 Å². The van der Waals surface area contributed by atoms with Crippen LogP contribution in [0.5, 0.6) is 0 Å². The van der Waals surface area contributed by atoms with Crippen molar-refractivity contribution >= 4 is 22.8 Å². The van der Waals surface area contributed by atoms with E-state index in [1.807, 2.05) is 0 Å². The number of fused-ring (bicyclic) bond motifs is 1. The van der Waals surface area contributed by atoms with Crippen molar-refractivity contribution in [1.82, 2.24) is 24.1 Å². The van der Waals surface area contributed by atoms with Gasteiger partial charge < -0.3 is 4.98 Å². The van der Waals surface area contributed by atoms with Crippen LogP contribution in [0.1, 0.15) is 0 Å². The van der Waals surface area contributed by atoms with E-state index in [0.29, 0.717) is 22.1 Å². The number of pyridine rings is 1. The molecule has 1 N–H and O–H groups in total. The number of halogens is 1. The largest absolute Gasteiger partial charge is 0.332 e. The molecule has 0 bridgehead atoms. The smallest absolute Gasteiger partial charge is 0.332 e. The molecule has 0 spiro atoms. The lowest BCUT2D eigenvalue weighted by Gasteiger charge is -2.00. The van der Waals surface area contributed by atoms with Gasteiger partial charge in [-0.1, -0.05) is 11.6 Å². The average Bonchev–Trinajstić information content (AvgIpc) is 2.88. The lowest BCUT2D eigenvalue weighted by Crippen LogP contribution is -2.36. The number of nitrogens with one attached hydrogen (secondary N) is 1. The molecule has 3 aromatic rings. The molecule has 3 aromatic heterocycles. The van der Waals surface area contributed by atoms with Crippen molar-refractivity contribution in [2.24, 2.45) is 14.1 Å². The van der Waals surface area contributed by atoms with Crippen molar-refractivity contribution in [2.45, 2.75) is 0 Å². The molecule has 8 heteroatoms. The van der Waals surface area contributed by atoms with E-state index in [1.165, 1.54) is 17.8 Å². The fraction of sp³-hybridized carbons (Fsp3) is 0.167. The first-order chi connectivity index (χ1) is 9.50. The number of aromatic amines is 1. The molecular weight excluding hydrogens is 282 g/mol. The molecule has 20 heavy (non-hydrogen) atoms. The van der Waals surface area contributed by atoms with Crippen LogP contribution in [0.3, 0.4) is 0 Å². The first kappa shape index (κ1) is 12.6. The molecule has 0 unspecified atom stereocenters. The molecular formula is C12H10ClN5O2. The number of aromatic nitrogens is 5. The van der Waals surface area contributed by atoms with Crippen LogP contribution >= 0.6 is 11.6 Å². The second kappa shape index (κ2) is 4.31. The van der Waals surface area contributed by atoms with Crippen LogP contribution in [0.15, 0.2) is 28.0 Å². The highest BCUT2D eigenvalue weighted by Crippen LogP contribution is 2.24. The molecule has 3 heterocycles. The van der Waals surface area contributed by atoms with E-state index < -0.39 is 11.2 Å². The minimum Gasteiger partial charge on any atom is -0.332 e. The van der Waals surface area contributed by atoms with E-state index in [-0.39, 0.29) is 5.52 Å². The zero-order valence-corrected chi connectivity index (χ0v) is 11.5. The molecule has 102 valence electrons. The quantitative estimate of drug-likeness (QED) is 0.714. The first-order valence-electron chi connectivity index (χ1n) is 5.76. The zero-order chi connectivity index (χ0) is 14.4. The summed E-state index contributed by atoms with van der Waals surface area (Å²) in [6.07, 6.45) is 3.06. The second-order valence-corrected chi connectivity index (χ2v) is 4.75. The normalized spacial score (nSPS) is 11.2. The van der Waals surface area contributed by atoms with Gasteiger partial charge in [0.15, 0.2) is 5.65 Å². The van der Waals surface area contributed by atoms with Gasteiger partial charge in [-0.2, -0.15) is 0 Å². The van der Waals surface area contributed by atoms with Gasteiger partial charge in [-0.05, 0) is 6.07 Å². The Kier molecular flexibility index (Phi) is 2.72. The lowest BCUT2D eigenvalue weighted by atomic mass is 10.2. The molecule has 0 radical (unpaired) electrons. The lowest BCUT2D eigenvalue weighted by molar-refractivity contribution is 0.709. The van der Waals surface area contributed by atoms with E-state index in [9.17, 15) is 9.59 Å². The van der Waals surface area contributed by atoms with Crippen LogP contribution < -0.4 is 11.2 Å². The van der Waals surface area contributed by atoms with E-state index >= 15 is 0 Å². The average molecular weight is 292 g/mol. The molecule has 0 aliphatic rings. The van der Waals surface area contributed by atoms with Crippen LogP contribution in [0.4, 0.5) is 0 Å². The zero-order valence-electron chi connectivity index (χ0n) is 10.7. The van der Waals surface area contributed by atoms with Crippen LogP contribution in [-0.2, 0) is 14.1 Å². The standard InChI is InChI=1S/C12H10ClN5O2/c1-17-10-8(11(19)18(2)12(17)20)15-9(16-10)6-3-4-14-5-7(6)13/h3-5H,1-2H3,(H,15,16). The van der Waals surface area contributed by atoms with Gasteiger partial charge in [0.05, 0.1) is 5.02 Å². The van der Waals surface area contributed by atoms with E-state index in [1.54, 1.807) is 19.3 Å². The summed E-state index contributed by atoms with van der Waals surface area (Å²) in [5.74, 6) is 0.422. The predicted octanol–water partition coefficient (Wildman–Crippen LogP) is 0.676. The maximum Gasteiger partial charge on any atom is 0.332 e. The highest BCUT2D eigenvalue weighted by molar-refractivity contribution is 6.33. The van der Waals surface area contributed by atoms with Crippen LogP contribution in [0.25, 0.3) is 22.6 Å². The molecule has 0 aliphatic heterocycles. The summed E-state index contributed by atoms with van der Waals surface area (Å²) >= 11 is 6.05. The number of hydrogen-bond acceptors (Lipinski definition) is 4. The minimum atomic E-state index is -0.429. The monoisotopic (exact) mass is 291 g/mol. The summed E-state index contributed by atoms with van der Waals surface area (Å²) in [7, 11) is 2.98. The Bertz CT molecular complexity index is 937. The van der Waals surface area contributed by atoms with Gasteiger partial charge in [-0.25, -0.2) is 9.78 Å². The van der Waals surface area contributed by atoms with Gasteiger partial charge in [0.25, 0.3) is 5.56 Å². The number of hydrogen-bond donors (Lipinski definition) is 1. The van der Waals surface area contributed by atoms with E-state index in [4.69, 9.17) is 11.6 Å². The van der Waals surface area contributed by atoms with Crippen LogP contribution in [0.2, 0.25) is 5.02 Å². The number of nitrogens with zero attached hydrogens (tertiary/aromatic N) is 4. The van der Waals surface area contributed by atoms with Crippen molar-refractivity contribution in [2.75, 3.05) is 0 Å². The minimum absolute atomic E-state index is 0.262. The Morgan fingerprint density at radius 3 is 2.70 bits per heavy atom. The summed E-state index contributed by atoms with van der Waals surface area (Å²) < 4.78 is 2.34. The summed E-state index contributed by atoms with van der Waals surface area (Å²) in [5.41, 5.74) is 0.319. The number of H-pyrrole nitrogens is 1. The first-order valence-corrected chi connectivity index (χ1v) is 6.14. The molecule has 0 aromatic carbocycles.